The van der Waals surface area contributed by atoms with E-state index in [9.17, 15) is 0 Å². The van der Waals surface area contributed by atoms with E-state index in [-0.39, 0.29) is 5.41 Å². The van der Waals surface area contributed by atoms with Gasteiger partial charge in [0, 0.05) is 39.7 Å². The largest absolute Gasteiger partial charge is 0.366 e. The molecule has 0 N–H and O–H groups in total. The third-order valence-corrected chi connectivity index (χ3v) is 14.4. The summed E-state index contributed by atoms with van der Waals surface area (Å²) < 4.78 is 2.37. The molecule has 0 unspecified atom stereocenters. The van der Waals surface area contributed by atoms with Gasteiger partial charge in [-0.05, 0) is 114 Å². The Hall–Kier alpha value is -8.01. The van der Waals surface area contributed by atoms with Crippen molar-refractivity contribution in [1.82, 2.24) is 4.57 Å². The highest BCUT2D eigenvalue weighted by atomic mass is 15.1. The van der Waals surface area contributed by atoms with Crippen LogP contribution in [0.3, 0.4) is 0 Å². The summed E-state index contributed by atoms with van der Waals surface area (Å²) in [5, 5.41) is 7.52. The van der Waals surface area contributed by atoms with Gasteiger partial charge in [-0.3, -0.25) is 0 Å². The van der Waals surface area contributed by atoms with Crippen molar-refractivity contribution in [3.05, 3.63) is 223 Å². The van der Waals surface area contributed by atoms with Crippen molar-refractivity contribution in [1.29, 1.82) is 0 Å². The molecule has 10 aromatic carbocycles. The Morgan fingerprint density at radius 1 is 0.400 bits per heavy atom. The minimum Gasteiger partial charge on any atom is -0.366 e. The van der Waals surface area contributed by atoms with Gasteiger partial charge in [0.1, 0.15) is 0 Å². The first-order chi connectivity index (χ1) is 31.9. The van der Waals surface area contributed by atoms with Crippen molar-refractivity contribution < 1.29 is 0 Å². The first-order valence-corrected chi connectivity index (χ1v) is 22.7. The Bertz CT molecular complexity index is 3760. The van der Waals surface area contributed by atoms with Gasteiger partial charge in [0.05, 0.1) is 34.7 Å². The number of para-hydroxylation sites is 2. The van der Waals surface area contributed by atoms with Gasteiger partial charge in [-0.2, -0.15) is 0 Å². The number of rotatable bonds is 5. The van der Waals surface area contributed by atoms with Crippen LogP contribution < -0.4 is 4.90 Å². The van der Waals surface area contributed by atoms with Gasteiger partial charge in [-0.25, -0.2) is 4.99 Å². The third kappa shape index (κ3) is 5.78. The highest BCUT2D eigenvalue weighted by Crippen LogP contribution is 2.51. The summed E-state index contributed by atoms with van der Waals surface area (Å²) >= 11 is 0. The van der Waals surface area contributed by atoms with E-state index >= 15 is 0 Å². The minimum atomic E-state index is -0.163. The van der Waals surface area contributed by atoms with Crippen LogP contribution in [0, 0.1) is 0 Å². The van der Waals surface area contributed by atoms with Crippen LogP contribution in [-0.4, -0.2) is 23.9 Å². The zero-order chi connectivity index (χ0) is 43.4. The highest BCUT2D eigenvalue weighted by molar-refractivity contribution is 6.23. The molecule has 0 bridgehead atoms. The van der Waals surface area contributed by atoms with Crippen molar-refractivity contribution in [2.24, 2.45) is 4.99 Å². The van der Waals surface area contributed by atoms with Gasteiger partial charge in [0.2, 0.25) is 0 Å². The summed E-state index contributed by atoms with van der Waals surface area (Å²) in [6.07, 6.45) is 0. The van der Waals surface area contributed by atoms with Crippen LogP contribution in [0.2, 0.25) is 0 Å². The van der Waals surface area contributed by atoms with E-state index < -0.39 is 0 Å². The second-order valence-corrected chi connectivity index (χ2v) is 18.4. The van der Waals surface area contributed by atoms with Crippen molar-refractivity contribution >= 4 is 60.4 Å². The average Bonchev–Trinajstić information content (AvgIpc) is 3.81. The maximum Gasteiger partial charge on any atom is 0.0952 e. The molecule has 0 spiro atoms. The van der Waals surface area contributed by atoms with E-state index in [1.54, 1.807) is 0 Å². The molecule has 0 amide bonds. The second-order valence-electron chi connectivity index (χ2n) is 18.4. The number of benzene rings is 10. The second kappa shape index (κ2) is 14.3. The smallest absolute Gasteiger partial charge is 0.0952 e. The summed E-state index contributed by atoms with van der Waals surface area (Å²) in [5.41, 5.74) is 20.7. The molecule has 2 heterocycles. The molecular formula is C62H45N3. The van der Waals surface area contributed by atoms with Gasteiger partial charge in [0.15, 0.2) is 0 Å². The van der Waals surface area contributed by atoms with Crippen LogP contribution in [0.4, 0.5) is 11.4 Å². The molecule has 308 valence electrons. The van der Waals surface area contributed by atoms with Crippen LogP contribution in [0.15, 0.2) is 211 Å². The molecule has 2 aliphatic rings. The van der Waals surface area contributed by atoms with E-state index in [0.29, 0.717) is 0 Å². The molecule has 0 fully saturated rings. The van der Waals surface area contributed by atoms with E-state index in [2.05, 4.69) is 237 Å². The Balaban J connectivity index is 0.779. The predicted octanol–water partition coefficient (Wildman–Crippen LogP) is 16.0. The number of fused-ring (bicyclic) bond motifs is 12. The summed E-state index contributed by atoms with van der Waals surface area (Å²) in [6.45, 7) is 5.51. The van der Waals surface area contributed by atoms with Crippen molar-refractivity contribution in [2.75, 3.05) is 18.5 Å². The molecule has 1 aliphatic carbocycles. The number of aromatic nitrogens is 1. The zero-order valence-electron chi connectivity index (χ0n) is 36.7. The first kappa shape index (κ1) is 37.5. The molecule has 0 saturated carbocycles. The first-order valence-electron chi connectivity index (χ1n) is 22.7. The molecule has 1 aromatic heterocycles. The summed E-state index contributed by atoms with van der Waals surface area (Å²) in [7, 11) is 2.21. The SMILES string of the molecule is CN1CC(c2ccc3c(c2)C(C)(C)c2cc(-c4ccc(-c5ccc(-c6ccc7c(c6)c6ccccc6n7-c6ccccc6)cc5)cc4)ccc2-3)=Nc2c1c1ccccc1c1ccccc21. The van der Waals surface area contributed by atoms with Crippen LogP contribution in [0.1, 0.15) is 30.5 Å². The lowest BCUT2D eigenvalue weighted by Crippen LogP contribution is -2.29. The number of aliphatic imine (C=N–C) groups is 1. The van der Waals surface area contributed by atoms with Gasteiger partial charge in [-0.1, -0.05) is 178 Å². The number of hydrogen-bond acceptors (Lipinski definition) is 2. The summed E-state index contributed by atoms with van der Waals surface area (Å²) in [4.78, 5) is 7.86. The Morgan fingerprint density at radius 2 is 0.862 bits per heavy atom. The summed E-state index contributed by atoms with van der Waals surface area (Å²) in [6, 6.07) is 75.9. The van der Waals surface area contributed by atoms with Crippen molar-refractivity contribution in [2.45, 2.75) is 19.3 Å². The monoisotopic (exact) mass is 831 g/mol. The topological polar surface area (TPSA) is 20.5 Å². The lowest BCUT2D eigenvalue weighted by atomic mass is 9.81. The Labute approximate surface area is 379 Å². The molecule has 13 rings (SSSR count). The Kier molecular flexibility index (Phi) is 8.23. The minimum absolute atomic E-state index is 0.163. The Morgan fingerprint density at radius 3 is 1.52 bits per heavy atom. The quantitative estimate of drug-likeness (QED) is 0.158. The number of anilines is 1. The predicted molar refractivity (Wildman–Crippen MR) is 276 cm³/mol. The van der Waals surface area contributed by atoms with Crippen molar-refractivity contribution in [3.63, 3.8) is 0 Å². The molecule has 1 aliphatic heterocycles. The fourth-order valence-electron chi connectivity index (χ4n) is 11.0. The van der Waals surface area contributed by atoms with Crippen LogP contribution in [0.25, 0.3) is 93.5 Å². The molecule has 0 radical (unpaired) electrons. The molecule has 3 heteroatoms. The molecular weight excluding hydrogens is 787 g/mol. The fraction of sp³-hybridized carbons (Fsp3) is 0.0806. The van der Waals surface area contributed by atoms with E-state index in [4.69, 9.17) is 4.99 Å². The molecule has 0 atom stereocenters. The number of nitrogens with zero attached hydrogens (tertiary/aromatic N) is 3. The zero-order valence-corrected chi connectivity index (χ0v) is 36.7. The lowest BCUT2D eigenvalue weighted by Gasteiger charge is -2.30. The normalized spacial score (nSPS) is 13.9. The molecule has 11 aromatic rings. The summed E-state index contributed by atoms with van der Waals surface area (Å²) in [5.74, 6) is 0. The standard InChI is InChI=1S/C62H45N3/c1-62(2)55-36-44(29-32-49(55)50-33-30-45(37-56(50)62)57-38-64(3)61-53-19-10-8-16-48(53)47-15-7-9-18-52(47)60(61)63-57)42-27-23-40(24-28-42)39-21-25-41(26-22-39)43-31-34-59-54(35-43)51-17-11-12-20-58(51)65(59)46-13-5-4-6-14-46/h4-37H,38H2,1-3H3. The van der Waals surface area contributed by atoms with E-state index in [1.807, 2.05) is 0 Å². The third-order valence-electron chi connectivity index (χ3n) is 14.4. The van der Waals surface area contributed by atoms with Gasteiger partial charge >= 0.3 is 0 Å². The maximum atomic E-state index is 5.47. The van der Waals surface area contributed by atoms with Crippen LogP contribution in [-0.2, 0) is 5.41 Å². The van der Waals surface area contributed by atoms with Crippen LogP contribution in [0.5, 0.6) is 0 Å². The maximum absolute atomic E-state index is 5.47. The van der Waals surface area contributed by atoms with Crippen LogP contribution >= 0.6 is 0 Å². The molecule has 65 heavy (non-hydrogen) atoms. The van der Waals surface area contributed by atoms with Crippen molar-refractivity contribution in [3.8, 4) is 50.2 Å². The van der Waals surface area contributed by atoms with E-state index in [1.165, 1.54) is 116 Å². The number of hydrogen-bond donors (Lipinski definition) is 0. The lowest BCUT2D eigenvalue weighted by molar-refractivity contribution is 0.660. The van der Waals surface area contributed by atoms with Gasteiger partial charge in [-0.15, -0.1) is 0 Å². The van der Waals surface area contributed by atoms with Gasteiger partial charge in [0.25, 0.3) is 0 Å². The highest BCUT2D eigenvalue weighted by Gasteiger charge is 2.36. The number of likely N-dealkylation sites (N-methyl/N-ethyl adjacent to an activating group) is 1. The van der Waals surface area contributed by atoms with E-state index in [0.717, 1.165) is 17.9 Å². The molecule has 3 nitrogen and oxygen atoms in total. The molecule has 0 saturated heterocycles. The van der Waals surface area contributed by atoms with Gasteiger partial charge < -0.3 is 9.47 Å². The average molecular weight is 832 g/mol. The fourth-order valence-corrected chi connectivity index (χ4v) is 11.0.